The first-order valence-corrected chi connectivity index (χ1v) is 11.1. The van der Waals surface area contributed by atoms with E-state index in [4.69, 9.17) is 4.74 Å². The maximum Gasteiger partial charge on any atom is 0.321 e. The van der Waals surface area contributed by atoms with Crippen LogP contribution in [0.5, 0.6) is 5.75 Å². The minimum absolute atomic E-state index is 0.237. The number of hydrogen-bond acceptors (Lipinski definition) is 4. The molecule has 0 unspecified atom stereocenters. The lowest BCUT2D eigenvalue weighted by atomic mass is 10.0. The van der Waals surface area contributed by atoms with Gasteiger partial charge in [0.05, 0.1) is 30.1 Å². The van der Waals surface area contributed by atoms with Crippen LogP contribution in [0.1, 0.15) is 45.4 Å². The van der Waals surface area contributed by atoms with E-state index >= 15 is 0 Å². The topological polar surface area (TPSA) is 74.0 Å². The SMILES string of the molecule is CC(C)n1cc(-n2ncc3cc(O[C@H](c4ccccc4)[C@H](C)NC(=O)C(C)(F)F)ccc32)cn1. The van der Waals surface area contributed by atoms with Crippen molar-refractivity contribution in [2.75, 3.05) is 0 Å². The number of fused-ring (bicyclic) bond motifs is 1. The van der Waals surface area contributed by atoms with E-state index in [1.165, 1.54) is 0 Å². The fraction of sp³-hybridized carbons (Fsp3) is 0.320. The molecule has 0 aliphatic heterocycles. The second-order valence-corrected chi connectivity index (χ2v) is 8.65. The lowest BCUT2D eigenvalue weighted by molar-refractivity contribution is -0.144. The number of alkyl halides is 2. The summed E-state index contributed by atoms with van der Waals surface area (Å²) in [5.41, 5.74) is 2.47. The summed E-state index contributed by atoms with van der Waals surface area (Å²) in [5, 5.41) is 12.1. The van der Waals surface area contributed by atoms with Gasteiger partial charge in [-0.3, -0.25) is 9.48 Å². The van der Waals surface area contributed by atoms with Crippen molar-refractivity contribution in [3.8, 4) is 11.4 Å². The van der Waals surface area contributed by atoms with E-state index in [9.17, 15) is 13.6 Å². The molecule has 0 saturated carbocycles. The zero-order chi connectivity index (χ0) is 24.5. The predicted octanol–water partition coefficient (Wildman–Crippen LogP) is 5.08. The van der Waals surface area contributed by atoms with Gasteiger partial charge < -0.3 is 10.1 Å². The van der Waals surface area contributed by atoms with Gasteiger partial charge >= 0.3 is 5.92 Å². The second kappa shape index (κ2) is 9.24. The van der Waals surface area contributed by atoms with Crippen molar-refractivity contribution < 1.29 is 18.3 Å². The van der Waals surface area contributed by atoms with Crippen LogP contribution in [0, 0.1) is 0 Å². The Bertz CT molecular complexity index is 1280. The van der Waals surface area contributed by atoms with Gasteiger partial charge in [0.25, 0.3) is 5.91 Å². The van der Waals surface area contributed by atoms with Crippen LogP contribution in [0.3, 0.4) is 0 Å². The van der Waals surface area contributed by atoms with Crippen molar-refractivity contribution in [2.24, 2.45) is 0 Å². The molecule has 9 heteroatoms. The number of nitrogens with zero attached hydrogens (tertiary/aromatic N) is 4. The second-order valence-electron chi connectivity index (χ2n) is 8.65. The van der Waals surface area contributed by atoms with Gasteiger partial charge in [-0.15, -0.1) is 0 Å². The van der Waals surface area contributed by atoms with Crippen molar-refractivity contribution >= 4 is 16.8 Å². The smallest absolute Gasteiger partial charge is 0.321 e. The minimum atomic E-state index is -3.48. The van der Waals surface area contributed by atoms with Crippen LogP contribution >= 0.6 is 0 Å². The molecule has 178 valence electrons. The maximum atomic E-state index is 13.5. The van der Waals surface area contributed by atoms with Gasteiger partial charge in [-0.25, -0.2) is 4.68 Å². The molecule has 0 saturated heterocycles. The summed E-state index contributed by atoms with van der Waals surface area (Å²) in [6.45, 7) is 6.32. The molecular weight excluding hydrogens is 440 g/mol. The van der Waals surface area contributed by atoms with Crippen LogP contribution in [0.4, 0.5) is 8.78 Å². The summed E-state index contributed by atoms with van der Waals surface area (Å²) >= 11 is 0. The molecule has 0 bridgehead atoms. The number of nitrogens with one attached hydrogen (secondary N) is 1. The molecule has 0 radical (unpaired) electrons. The van der Waals surface area contributed by atoms with Gasteiger partial charge in [0.2, 0.25) is 0 Å². The van der Waals surface area contributed by atoms with Gasteiger partial charge in [-0.2, -0.15) is 19.0 Å². The lowest BCUT2D eigenvalue weighted by Gasteiger charge is -2.27. The van der Waals surface area contributed by atoms with Crippen LogP contribution in [0.2, 0.25) is 0 Å². The Balaban J connectivity index is 1.61. The van der Waals surface area contributed by atoms with Crippen molar-refractivity contribution in [3.63, 3.8) is 0 Å². The van der Waals surface area contributed by atoms with Crippen LogP contribution < -0.4 is 10.1 Å². The molecule has 2 aromatic heterocycles. The van der Waals surface area contributed by atoms with E-state index in [0.29, 0.717) is 12.7 Å². The molecule has 34 heavy (non-hydrogen) atoms. The van der Waals surface area contributed by atoms with Crippen LogP contribution in [-0.2, 0) is 4.79 Å². The average Bonchev–Trinajstić information content (AvgIpc) is 3.44. The number of carbonyl (C=O) groups is 1. The Labute approximate surface area is 196 Å². The third-order valence-corrected chi connectivity index (χ3v) is 5.50. The number of carbonyl (C=O) groups excluding carboxylic acids is 1. The summed E-state index contributed by atoms with van der Waals surface area (Å²) in [6.07, 6.45) is 4.75. The molecule has 1 N–H and O–H groups in total. The van der Waals surface area contributed by atoms with Gasteiger partial charge in [0.1, 0.15) is 17.5 Å². The van der Waals surface area contributed by atoms with Crippen molar-refractivity contribution in [2.45, 2.75) is 51.8 Å². The summed E-state index contributed by atoms with van der Waals surface area (Å²) in [7, 11) is 0. The number of amides is 1. The molecule has 4 rings (SSSR count). The highest BCUT2D eigenvalue weighted by Crippen LogP contribution is 2.29. The summed E-state index contributed by atoms with van der Waals surface area (Å²) in [4.78, 5) is 11.9. The highest BCUT2D eigenvalue weighted by atomic mass is 19.3. The molecule has 2 heterocycles. The van der Waals surface area contributed by atoms with Crippen LogP contribution in [0.15, 0.2) is 67.1 Å². The molecule has 0 aliphatic rings. The third kappa shape index (κ3) is 4.93. The largest absolute Gasteiger partial charge is 0.484 e. The van der Waals surface area contributed by atoms with E-state index in [-0.39, 0.29) is 6.04 Å². The normalized spacial score (nSPS) is 13.7. The zero-order valence-corrected chi connectivity index (χ0v) is 19.4. The Morgan fingerprint density at radius 2 is 1.79 bits per heavy atom. The first-order valence-electron chi connectivity index (χ1n) is 11.1. The van der Waals surface area contributed by atoms with Crippen molar-refractivity contribution in [3.05, 3.63) is 72.7 Å². The number of hydrogen-bond donors (Lipinski definition) is 1. The molecular formula is C25H27F2N5O2. The van der Waals surface area contributed by atoms with Gasteiger partial charge in [0.15, 0.2) is 0 Å². The van der Waals surface area contributed by atoms with Crippen molar-refractivity contribution in [1.29, 1.82) is 0 Å². The number of benzene rings is 2. The summed E-state index contributed by atoms with van der Waals surface area (Å²) < 4.78 is 36.8. The Hall–Kier alpha value is -3.75. The monoisotopic (exact) mass is 467 g/mol. The minimum Gasteiger partial charge on any atom is -0.484 e. The Kier molecular flexibility index (Phi) is 6.37. The molecule has 0 spiro atoms. The van der Waals surface area contributed by atoms with Crippen LogP contribution in [-0.4, -0.2) is 37.4 Å². The fourth-order valence-corrected chi connectivity index (χ4v) is 3.67. The highest BCUT2D eigenvalue weighted by Gasteiger charge is 2.35. The maximum absolute atomic E-state index is 13.5. The number of halogens is 2. The Morgan fingerprint density at radius 1 is 1.06 bits per heavy atom. The molecule has 0 fully saturated rings. The molecule has 1 amide bonds. The first kappa shape index (κ1) is 23.4. The van der Waals surface area contributed by atoms with Gasteiger partial charge in [-0.1, -0.05) is 30.3 Å². The third-order valence-electron chi connectivity index (χ3n) is 5.50. The zero-order valence-electron chi connectivity index (χ0n) is 19.4. The van der Waals surface area contributed by atoms with Crippen molar-refractivity contribution in [1.82, 2.24) is 24.9 Å². The van der Waals surface area contributed by atoms with E-state index in [1.807, 2.05) is 53.3 Å². The fourth-order valence-electron chi connectivity index (χ4n) is 3.67. The molecule has 2 atom stereocenters. The number of rotatable bonds is 8. The number of ether oxygens (including phenoxy) is 1. The highest BCUT2D eigenvalue weighted by molar-refractivity contribution is 5.83. The Morgan fingerprint density at radius 3 is 2.44 bits per heavy atom. The van der Waals surface area contributed by atoms with E-state index in [2.05, 4.69) is 29.4 Å². The number of aromatic nitrogens is 4. The average molecular weight is 468 g/mol. The molecule has 0 aliphatic carbocycles. The van der Waals surface area contributed by atoms with E-state index < -0.39 is 24.0 Å². The standard InChI is InChI=1S/C25H27F2N5O2/c1-16(2)31-15-20(14-28-31)32-22-11-10-21(12-19(22)13-29-32)34-23(18-8-6-5-7-9-18)17(3)30-24(33)25(4,26)27/h5-17,23H,1-4H3,(H,30,33)/t17-,23-/m0/s1. The molecule has 2 aromatic carbocycles. The molecule has 7 nitrogen and oxygen atoms in total. The van der Waals surface area contributed by atoms with Gasteiger partial charge in [-0.05, 0) is 44.5 Å². The summed E-state index contributed by atoms with van der Waals surface area (Å²) in [5.74, 6) is -4.29. The predicted molar refractivity (Wildman–Crippen MR) is 125 cm³/mol. The first-order chi connectivity index (χ1) is 16.1. The van der Waals surface area contributed by atoms with Gasteiger partial charge in [0, 0.05) is 18.4 Å². The van der Waals surface area contributed by atoms with E-state index in [1.54, 1.807) is 30.1 Å². The summed E-state index contributed by atoms with van der Waals surface area (Å²) in [6, 6.07) is 14.2. The van der Waals surface area contributed by atoms with E-state index in [0.717, 1.165) is 22.2 Å². The lowest BCUT2D eigenvalue weighted by Crippen LogP contribution is -2.46. The molecule has 4 aromatic rings. The van der Waals surface area contributed by atoms with Crippen LogP contribution in [0.25, 0.3) is 16.6 Å². The quantitative estimate of drug-likeness (QED) is 0.392.